The van der Waals surface area contributed by atoms with Gasteiger partial charge in [-0.1, -0.05) is 24.3 Å². The number of nitrogens with two attached hydrogens (primary N) is 1. The Kier molecular flexibility index (Phi) is 4.34. The number of nitrogens with zero attached hydrogens (tertiary/aromatic N) is 2. The summed E-state index contributed by atoms with van der Waals surface area (Å²) in [6.45, 7) is 3.19. The van der Waals surface area contributed by atoms with Gasteiger partial charge in [-0.25, -0.2) is 4.98 Å². The Morgan fingerprint density at radius 3 is 2.83 bits per heavy atom. The highest BCUT2D eigenvalue weighted by Gasteiger charge is 2.21. The Balaban J connectivity index is 1.65. The fourth-order valence-corrected chi connectivity index (χ4v) is 3.86. The Morgan fingerprint density at radius 2 is 1.96 bits per heavy atom. The minimum atomic E-state index is 0.360. The smallest absolute Gasteiger partial charge is 0.222 e. The van der Waals surface area contributed by atoms with Gasteiger partial charge in [0.2, 0.25) is 5.95 Å². The van der Waals surface area contributed by atoms with Crippen molar-refractivity contribution in [1.29, 1.82) is 0 Å². The van der Waals surface area contributed by atoms with E-state index >= 15 is 0 Å². The average Bonchev–Trinajstić information content (AvgIpc) is 2.80. The summed E-state index contributed by atoms with van der Waals surface area (Å²) in [6, 6.07) is 8.53. The molecule has 1 fully saturated rings. The van der Waals surface area contributed by atoms with Crippen molar-refractivity contribution in [3.63, 3.8) is 0 Å². The number of anilines is 2. The van der Waals surface area contributed by atoms with Gasteiger partial charge in [0.1, 0.15) is 5.82 Å². The quantitative estimate of drug-likeness (QED) is 0.809. The number of aromatic nitrogens is 2. The van der Waals surface area contributed by atoms with E-state index in [4.69, 9.17) is 5.73 Å². The summed E-state index contributed by atoms with van der Waals surface area (Å²) in [6.07, 6.45) is 5.65. The Labute approximate surface area is 143 Å². The number of hydrogen-bond acceptors (Lipinski definition) is 5. The molecule has 5 heteroatoms. The second-order valence-electron chi connectivity index (χ2n) is 6.84. The van der Waals surface area contributed by atoms with Gasteiger partial charge in [0, 0.05) is 17.7 Å². The van der Waals surface area contributed by atoms with Crippen LogP contribution in [0.15, 0.2) is 24.3 Å². The summed E-state index contributed by atoms with van der Waals surface area (Å²) >= 11 is 0. The maximum Gasteiger partial charge on any atom is 0.222 e. The molecule has 0 unspecified atom stereocenters. The highest BCUT2D eigenvalue weighted by Crippen LogP contribution is 2.34. The first-order valence-corrected chi connectivity index (χ1v) is 9.00. The van der Waals surface area contributed by atoms with Crippen LogP contribution in [0.2, 0.25) is 0 Å². The molecule has 4 N–H and O–H groups in total. The summed E-state index contributed by atoms with van der Waals surface area (Å²) < 4.78 is 0. The molecular formula is C19H25N5. The Morgan fingerprint density at radius 1 is 1.12 bits per heavy atom. The first kappa shape index (κ1) is 15.4. The highest BCUT2D eigenvalue weighted by atomic mass is 15.1. The van der Waals surface area contributed by atoms with Gasteiger partial charge in [-0.2, -0.15) is 4.98 Å². The van der Waals surface area contributed by atoms with Crippen LogP contribution in [0.4, 0.5) is 11.8 Å². The number of aryl methyl sites for hydroxylation is 1. The van der Waals surface area contributed by atoms with Crippen molar-refractivity contribution in [3.8, 4) is 11.3 Å². The van der Waals surface area contributed by atoms with Crippen molar-refractivity contribution in [2.24, 2.45) is 5.92 Å². The van der Waals surface area contributed by atoms with E-state index < -0.39 is 0 Å². The molecule has 1 saturated heterocycles. The van der Waals surface area contributed by atoms with E-state index in [0.29, 0.717) is 11.9 Å². The van der Waals surface area contributed by atoms with Gasteiger partial charge in [-0.3, -0.25) is 0 Å². The second-order valence-corrected chi connectivity index (χ2v) is 6.84. The van der Waals surface area contributed by atoms with Crippen molar-refractivity contribution in [2.45, 2.75) is 32.1 Å². The Bertz CT molecular complexity index is 722. The average molecular weight is 323 g/mol. The van der Waals surface area contributed by atoms with E-state index in [1.165, 1.54) is 29.5 Å². The number of benzene rings is 1. The number of piperidine rings is 1. The van der Waals surface area contributed by atoms with E-state index in [1.54, 1.807) is 0 Å². The number of hydrogen-bond donors (Lipinski definition) is 3. The molecule has 1 aromatic heterocycles. The minimum Gasteiger partial charge on any atom is -0.369 e. The van der Waals surface area contributed by atoms with Crippen LogP contribution in [0.3, 0.4) is 0 Å². The van der Waals surface area contributed by atoms with Gasteiger partial charge in [-0.15, -0.1) is 0 Å². The summed E-state index contributed by atoms with van der Waals surface area (Å²) in [5.74, 6) is 2.00. The summed E-state index contributed by atoms with van der Waals surface area (Å²) in [5, 5.41) is 7.00. The fraction of sp³-hybridized carbons (Fsp3) is 0.474. The lowest BCUT2D eigenvalue weighted by Gasteiger charge is -2.24. The highest BCUT2D eigenvalue weighted by molar-refractivity contribution is 5.73. The maximum atomic E-state index is 6.03. The minimum absolute atomic E-state index is 0.360. The molecule has 1 aromatic carbocycles. The third-order valence-electron chi connectivity index (χ3n) is 5.19. The number of rotatable bonds is 3. The molecule has 0 bridgehead atoms. The fourth-order valence-electron chi connectivity index (χ4n) is 3.86. The van der Waals surface area contributed by atoms with Crippen LogP contribution in [0.25, 0.3) is 11.3 Å². The van der Waals surface area contributed by atoms with Crippen LogP contribution in [-0.2, 0) is 12.8 Å². The molecule has 2 aliphatic rings. The lowest BCUT2D eigenvalue weighted by molar-refractivity contribution is 0.389. The summed E-state index contributed by atoms with van der Waals surface area (Å²) in [5.41, 5.74) is 10.8. The molecule has 1 aliphatic heterocycles. The second kappa shape index (κ2) is 6.77. The molecule has 0 spiro atoms. The molecule has 0 atom stereocenters. The third kappa shape index (κ3) is 3.08. The number of nitrogens with one attached hydrogen (secondary N) is 2. The van der Waals surface area contributed by atoms with Crippen molar-refractivity contribution < 1.29 is 0 Å². The van der Waals surface area contributed by atoms with Crippen molar-refractivity contribution in [3.05, 3.63) is 35.4 Å². The van der Waals surface area contributed by atoms with E-state index in [-0.39, 0.29) is 0 Å². The SMILES string of the molecule is Nc1nc(NCC2CCNCC2)c2c(n1)-c1ccccc1CCC2. The molecule has 0 radical (unpaired) electrons. The van der Waals surface area contributed by atoms with Gasteiger partial charge >= 0.3 is 0 Å². The lowest BCUT2D eigenvalue weighted by Crippen LogP contribution is -2.31. The van der Waals surface area contributed by atoms with Crippen LogP contribution in [0, 0.1) is 5.92 Å². The summed E-state index contributed by atoms with van der Waals surface area (Å²) in [4.78, 5) is 9.11. The monoisotopic (exact) mass is 323 g/mol. The largest absolute Gasteiger partial charge is 0.369 e. The summed E-state index contributed by atoms with van der Waals surface area (Å²) in [7, 11) is 0. The van der Waals surface area contributed by atoms with Crippen LogP contribution < -0.4 is 16.4 Å². The zero-order chi connectivity index (χ0) is 16.4. The normalized spacial score (nSPS) is 17.7. The van der Waals surface area contributed by atoms with Gasteiger partial charge in [0.05, 0.1) is 5.69 Å². The molecular weight excluding hydrogens is 298 g/mol. The maximum absolute atomic E-state index is 6.03. The van der Waals surface area contributed by atoms with E-state index in [2.05, 4.69) is 44.9 Å². The van der Waals surface area contributed by atoms with E-state index in [1.807, 2.05) is 0 Å². The molecule has 5 nitrogen and oxygen atoms in total. The zero-order valence-electron chi connectivity index (χ0n) is 14.0. The zero-order valence-corrected chi connectivity index (χ0v) is 14.0. The van der Waals surface area contributed by atoms with Gasteiger partial charge in [0.15, 0.2) is 0 Å². The van der Waals surface area contributed by atoms with Crippen LogP contribution in [0.1, 0.15) is 30.4 Å². The van der Waals surface area contributed by atoms with Crippen molar-refractivity contribution in [2.75, 3.05) is 30.7 Å². The van der Waals surface area contributed by atoms with Gasteiger partial charge in [0.25, 0.3) is 0 Å². The molecule has 1 aliphatic carbocycles. The standard InChI is InChI=1S/C19H25N5/c20-19-23-17-15-6-2-1-4-14(15)5-3-7-16(17)18(24-19)22-12-13-8-10-21-11-9-13/h1-2,4,6,13,21H,3,5,7-12H2,(H3,20,22,23,24). The first-order chi connectivity index (χ1) is 11.8. The topological polar surface area (TPSA) is 75.9 Å². The first-order valence-electron chi connectivity index (χ1n) is 9.00. The molecule has 126 valence electrons. The van der Waals surface area contributed by atoms with Gasteiger partial charge < -0.3 is 16.4 Å². The molecule has 2 heterocycles. The number of nitrogen functional groups attached to an aromatic ring is 1. The molecule has 0 amide bonds. The molecule has 2 aromatic rings. The van der Waals surface area contributed by atoms with Crippen molar-refractivity contribution >= 4 is 11.8 Å². The van der Waals surface area contributed by atoms with E-state index in [0.717, 1.165) is 50.4 Å². The van der Waals surface area contributed by atoms with Gasteiger partial charge in [-0.05, 0) is 56.7 Å². The molecule has 0 saturated carbocycles. The van der Waals surface area contributed by atoms with Crippen molar-refractivity contribution in [1.82, 2.24) is 15.3 Å². The Hall–Kier alpha value is -2.14. The predicted molar refractivity (Wildman–Crippen MR) is 98.0 cm³/mol. The predicted octanol–water partition coefficient (Wildman–Crippen LogP) is 2.63. The van der Waals surface area contributed by atoms with Crippen LogP contribution in [-0.4, -0.2) is 29.6 Å². The van der Waals surface area contributed by atoms with Crippen LogP contribution in [0.5, 0.6) is 0 Å². The van der Waals surface area contributed by atoms with E-state index in [9.17, 15) is 0 Å². The molecule has 24 heavy (non-hydrogen) atoms. The number of fused-ring (bicyclic) bond motifs is 3. The van der Waals surface area contributed by atoms with Crippen LogP contribution >= 0.6 is 0 Å². The lowest BCUT2D eigenvalue weighted by atomic mass is 9.98. The third-order valence-corrected chi connectivity index (χ3v) is 5.19. The molecule has 4 rings (SSSR count).